The molecule has 0 saturated carbocycles. The molecular formula is C16H30O7. The van der Waals surface area contributed by atoms with Crippen LogP contribution in [0.2, 0.25) is 0 Å². The van der Waals surface area contributed by atoms with Gasteiger partial charge in [0, 0.05) is 0 Å². The van der Waals surface area contributed by atoms with E-state index in [4.69, 9.17) is 0 Å². The minimum Gasteiger partial charge on any atom is -0.343 e. The molecule has 0 amide bonds. The third-order valence-electron chi connectivity index (χ3n) is 3.80. The normalized spacial score (nSPS) is 14.2. The second-order valence-electron chi connectivity index (χ2n) is 5.77. The van der Waals surface area contributed by atoms with Crippen molar-refractivity contribution in [3.05, 3.63) is 0 Å². The third kappa shape index (κ3) is 8.88. The van der Waals surface area contributed by atoms with E-state index in [1.807, 2.05) is 13.8 Å². The molecule has 0 aliphatic heterocycles. The Morgan fingerprint density at radius 2 is 1.57 bits per heavy atom. The van der Waals surface area contributed by atoms with Crippen molar-refractivity contribution >= 4 is 11.9 Å². The number of hydrogen-bond donors (Lipinski definition) is 3. The monoisotopic (exact) mass is 334 g/mol. The Balaban J connectivity index is 4.76. The summed E-state index contributed by atoms with van der Waals surface area (Å²) in [7, 11) is 0. The molecule has 0 aromatic rings. The van der Waals surface area contributed by atoms with Crippen LogP contribution in [0.5, 0.6) is 0 Å². The fourth-order valence-corrected chi connectivity index (χ4v) is 2.44. The zero-order valence-corrected chi connectivity index (χ0v) is 14.3. The highest BCUT2D eigenvalue weighted by Crippen LogP contribution is 2.30. The first-order valence-corrected chi connectivity index (χ1v) is 8.36. The summed E-state index contributed by atoms with van der Waals surface area (Å²) in [5, 5.41) is 28.3. The van der Waals surface area contributed by atoms with Crippen molar-refractivity contribution in [3.63, 3.8) is 0 Å². The van der Waals surface area contributed by atoms with Gasteiger partial charge >= 0.3 is 11.9 Å². The standard InChI is InChI=1S/C16H30O7/c1-4-7-9-10-12(13(6-3)16(19,20)21)15(18)23-22-14(17)11-8-5-2/h12-13,19-21H,4-11H2,1-3H3. The van der Waals surface area contributed by atoms with Crippen LogP contribution in [0.3, 0.4) is 0 Å². The molecule has 0 spiro atoms. The van der Waals surface area contributed by atoms with Crippen LogP contribution in [-0.2, 0) is 19.4 Å². The van der Waals surface area contributed by atoms with Gasteiger partial charge in [-0.3, -0.25) is 0 Å². The maximum atomic E-state index is 12.1. The van der Waals surface area contributed by atoms with Gasteiger partial charge in [-0.15, -0.1) is 0 Å². The molecule has 0 aromatic carbocycles. The molecule has 0 aromatic heterocycles. The Morgan fingerprint density at radius 1 is 0.957 bits per heavy atom. The highest BCUT2D eigenvalue weighted by molar-refractivity contribution is 5.74. The van der Waals surface area contributed by atoms with Crippen molar-refractivity contribution < 1.29 is 34.7 Å². The molecule has 136 valence electrons. The minimum atomic E-state index is -2.99. The summed E-state index contributed by atoms with van der Waals surface area (Å²) in [6.45, 7) is 5.53. The van der Waals surface area contributed by atoms with Crippen LogP contribution >= 0.6 is 0 Å². The maximum Gasteiger partial charge on any atom is 0.359 e. The van der Waals surface area contributed by atoms with E-state index in [9.17, 15) is 24.9 Å². The summed E-state index contributed by atoms with van der Waals surface area (Å²) in [4.78, 5) is 32.5. The summed E-state index contributed by atoms with van der Waals surface area (Å²) < 4.78 is 0. The van der Waals surface area contributed by atoms with Crippen LogP contribution in [0.15, 0.2) is 0 Å². The summed E-state index contributed by atoms with van der Waals surface area (Å²) in [6, 6.07) is 0. The van der Waals surface area contributed by atoms with Gasteiger partial charge in [-0.2, -0.15) is 0 Å². The van der Waals surface area contributed by atoms with Crippen LogP contribution in [0.1, 0.15) is 72.1 Å². The molecule has 0 fully saturated rings. The molecule has 7 nitrogen and oxygen atoms in total. The van der Waals surface area contributed by atoms with E-state index < -0.39 is 29.7 Å². The quantitative estimate of drug-likeness (QED) is 0.229. The van der Waals surface area contributed by atoms with Gasteiger partial charge in [-0.1, -0.05) is 46.5 Å². The molecule has 3 N–H and O–H groups in total. The van der Waals surface area contributed by atoms with Crippen LogP contribution in [-0.4, -0.2) is 33.2 Å². The number of unbranched alkanes of at least 4 members (excludes halogenated alkanes) is 3. The molecule has 2 unspecified atom stereocenters. The second kappa shape index (κ2) is 11.4. The molecule has 0 bridgehead atoms. The average molecular weight is 334 g/mol. The Bertz CT molecular complexity index is 349. The van der Waals surface area contributed by atoms with E-state index in [0.717, 1.165) is 19.3 Å². The molecule has 0 aliphatic carbocycles. The van der Waals surface area contributed by atoms with Crippen molar-refractivity contribution in [2.45, 2.75) is 78.1 Å². The summed E-state index contributed by atoms with van der Waals surface area (Å²) >= 11 is 0. The lowest BCUT2D eigenvalue weighted by atomic mass is 9.84. The highest BCUT2D eigenvalue weighted by atomic mass is 17.2. The van der Waals surface area contributed by atoms with E-state index in [2.05, 4.69) is 9.78 Å². The van der Waals surface area contributed by atoms with Crippen molar-refractivity contribution in [1.82, 2.24) is 0 Å². The van der Waals surface area contributed by atoms with E-state index in [1.54, 1.807) is 6.92 Å². The average Bonchev–Trinajstić information content (AvgIpc) is 2.48. The maximum absolute atomic E-state index is 12.1. The van der Waals surface area contributed by atoms with E-state index in [1.165, 1.54) is 0 Å². The SMILES string of the molecule is CCCCCC(C(=O)OOC(=O)CCCC)C(CC)C(O)(O)O. The van der Waals surface area contributed by atoms with Gasteiger partial charge in [0.15, 0.2) is 0 Å². The van der Waals surface area contributed by atoms with Gasteiger partial charge in [-0.25, -0.2) is 19.4 Å². The van der Waals surface area contributed by atoms with Gasteiger partial charge in [0.25, 0.3) is 5.97 Å². The van der Waals surface area contributed by atoms with E-state index in [0.29, 0.717) is 19.3 Å². The lowest BCUT2D eigenvalue weighted by molar-refractivity contribution is -0.352. The molecule has 0 radical (unpaired) electrons. The highest BCUT2D eigenvalue weighted by Gasteiger charge is 2.42. The van der Waals surface area contributed by atoms with Gasteiger partial charge < -0.3 is 15.3 Å². The fraction of sp³-hybridized carbons (Fsp3) is 0.875. The molecular weight excluding hydrogens is 304 g/mol. The largest absolute Gasteiger partial charge is 0.359 e. The van der Waals surface area contributed by atoms with Crippen molar-refractivity contribution in [2.24, 2.45) is 11.8 Å². The zero-order chi connectivity index (χ0) is 17.9. The lowest BCUT2D eigenvalue weighted by Crippen LogP contribution is -2.44. The van der Waals surface area contributed by atoms with Crippen LogP contribution < -0.4 is 0 Å². The number of carbonyl (C=O) groups is 2. The molecule has 0 saturated heterocycles. The topological polar surface area (TPSA) is 113 Å². The molecule has 0 aliphatic rings. The summed E-state index contributed by atoms with van der Waals surface area (Å²) in [6.07, 6.45) is 4.47. The second-order valence-corrected chi connectivity index (χ2v) is 5.77. The summed E-state index contributed by atoms with van der Waals surface area (Å²) in [5.41, 5.74) is 0. The number of hydrogen-bond acceptors (Lipinski definition) is 7. The zero-order valence-electron chi connectivity index (χ0n) is 14.3. The van der Waals surface area contributed by atoms with E-state index in [-0.39, 0.29) is 12.8 Å². The van der Waals surface area contributed by atoms with E-state index >= 15 is 0 Å². The van der Waals surface area contributed by atoms with Gasteiger partial charge in [0.2, 0.25) is 0 Å². The Hall–Kier alpha value is -1.18. The smallest absolute Gasteiger partial charge is 0.343 e. The van der Waals surface area contributed by atoms with Crippen LogP contribution in [0.4, 0.5) is 0 Å². The third-order valence-corrected chi connectivity index (χ3v) is 3.80. The first kappa shape index (κ1) is 21.8. The number of carbonyl (C=O) groups excluding carboxylic acids is 2. The van der Waals surface area contributed by atoms with Gasteiger partial charge in [0.1, 0.15) is 0 Å². The van der Waals surface area contributed by atoms with Crippen molar-refractivity contribution in [1.29, 1.82) is 0 Å². The number of aliphatic hydroxyl groups is 3. The van der Waals surface area contributed by atoms with Crippen LogP contribution in [0.25, 0.3) is 0 Å². The predicted molar refractivity (Wildman–Crippen MR) is 82.5 cm³/mol. The Labute approximate surface area is 137 Å². The fourth-order valence-electron chi connectivity index (χ4n) is 2.44. The first-order chi connectivity index (χ1) is 10.8. The predicted octanol–water partition coefficient (Wildman–Crippen LogP) is 2.03. The number of rotatable bonds is 11. The molecule has 7 heteroatoms. The van der Waals surface area contributed by atoms with Crippen LogP contribution in [0, 0.1) is 11.8 Å². The lowest BCUT2D eigenvalue weighted by Gasteiger charge is -2.30. The molecule has 2 atom stereocenters. The molecule has 0 rings (SSSR count). The van der Waals surface area contributed by atoms with Crippen molar-refractivity contribution in [2.75, 3.05) is 0 Å². The van der Waals surface area contributed by atoms with Crippen molar-refractivity contribution in [3.8, 4) is 0 Å². The molecule has 23 heavy (non-hydrogen) atoms. The Kier molecular flexibility index (Phi) is 10.8. The molecule has 0 heterocycles. The Morgan fingerprint density at radius 3 is 2.04 bits per heavy atom. The minimum absolute atomic E-state index is 0.144. The van der Waals surface area contributed by atoms with Gasteiger partial charge in [0.05, 0.1) is 18.3 Å². The first-order valence-electron chi connectivity index (χ1n) is 8.36. The summed E-state index contributed by atoms with van der Waals surface area (Å²) in [5.74, 6) is -6.61. The van der Waals surface area contributed by atoms with Gasteiger partial charge in [-0.05, 0) is 19.3 Å².